The zero-order chi connectivity index (χ0) is 14.8. The molecule has 5 heteroatoms. The third-order valence-electron chi connectivity index (χ3n) is 2.97. The molecule has 0 radical (unpaired) electrons. The highest BCUT2D eigenvalue weighted by Gasteiger charge is 2.10. The zero-order valence-corrected chi connectivity index (χ0v) is 11.8. The number of aromatic hydroxyl groups is 1. The quantitative estimate of drug-likeness (QED) is 0.529. The van der Waals surface area contributed by atoms with Crippen LogP contribution in [0.25, 0.3) is 0 Å². The van der Waals surface area contributed by atoms with Gasteiger partial charge in [-0.25, -0.2) is 0 Å². The van der Waals surface area contributed by atoms with Crippen LogP contribution in [0.5, 0.6) is 5.75 Å². The van der Waals surface area contributed by atoms with Crippen molar-refractivity contribution < 1.29 is 14.7 Å². The van der Waals surface area contributed by atoms with Crippen LogP contribution in [0.4, 0.5) is 0 Å². The third-order valence-corrected chi connectivity index (χ3v) is 2.97. The number of hydrogen-bond donors (Lipinski definition) is 3. The Kier molecular flexibility index (Phi) is 7.17. The van der Waals surface area contributed by atoms with Crippen LogP contribution in [0.1, 0.15) is 55.8 Å². The van der Waals surface area contributed by atoms with E-state index in [1.807, 2.05) is 0 Å². The minimum absolute atomic E-state index is 0.112. The van der Waals surface area contributed by atoms with Gasteiger partial charge in [0.25, 0.3) is 5.91 Å². The average Bonchev–Trinajstić information content (AvgIpc) is 2.45. The molecule has 0 spiro atoms. The third kappa shape index (κ3) is 5.73. The molecule has 1 aromatic carbocycles. The monoisotopic (exact) mass is 278 g/mol. The molecule has 0 heterocycles. The summed E-state index contributed by atoms with van der Waals surface area (Å²) in [4.78, 5) is 23.2. The number of carbonyl (C=O) groups excluding carboxylic acids is 2. The van der Waals surface area contributed by atoms with E-state index < -0.39 is 5.91 Å². The van der Waals surface area contributed by atoms with Crippen molar-refractivity contribution in [1.82, 2.24) is 10.9 Å². The number of rotatable bonds is 7. The van der Waals surface area contributed by atoms with E-state index in [4.69, 9.17) is 0 Å². The van der Waals surface area contributed by atoms with E-state index in [1.54, 1.807) is 12.1 Å². The molecule has 0 aliphatic rings. The Morgan fingerprint density at radius 2 is 1.75 bits per heavy atom. The van der Waals surface area contributed by atoms with Crippen molar-refractivity contribution in [2.24, 2.45) is 0 Å². The first-order valence-corrected chi connectivity index (χ1v) is 7.02. The number of nitrogens with one attached hydrogen (secondary N) is 2. The minimum Gasteiger partial charge on any atom is -0.507 e. The first-order valence-electron chi connectivity index (χ1n) is 7.02. The SMILES string of the molecule is CCCCCCCC(=O)NNC(=O)c1ccccc1O. The summed E-state index contributed by atoms with van der Waals surface area (Å²) in [6.45, 7) is 2.14. The highest BCUT2D eigenvalue weighted by atomic mass is 16.3. The highest BCUT2D eigenvalue weighted by molar-refractivity contribution is 5.97. The molecule has 0 fully saturated rings. The van der Waals surface area contributed by atoms with Gasteiger partial charge in [-0.3, -0.25) is 20.4 Å². The lowest BCUT2D eigenvalue weighted by atomic mass is 10.1. The van der Waals surface area contributed by atoms with Crippen LogP contribution in [0.2, 0.25) is 0 Å². The molecule has 0 unspecified atom stereocenters. The number of carbonyl (C=O) groups is 2. The van der Waals surface area contributed by atoms with Crippen molar-refractivity contribution in [2.75, 3.05) is 0 Å². The molecule has 0 saturated heterocycles. The van der Waals surface area contributed by atoms with Gasteiger partial charge in [-0.2, -0.15) is 0 Å². The second kappa shape index (κ2) is 8.96. The molecule has 20 heavy (non-hydrogen) atoms. The number of hydrogen-bond acceptors (Lipinski definition) is 3. The van der Waals surface area contributed by atoms with E-state index in [9.17, 15) is 14.7 Å². The van der Waals surface area contributed by atoms with Crippen molar-refractivity contribution in [2.45, 2.75) is 45.4 Å². The predicted octanol–water partition coefficient (Wildman–Crippen LogP) is 2.51. The predicted molar refractivity (Wildman–Crippen MR) is 77.1 cm³/mol. The van der Waals surface area contributed by atoms with Gasteiger partial charge < -0.3 is 5.11 Å². The number of hydrazine groups is 1. The number of phenolic OH excluding ortho intramolecular Hbond substituents is 1. The van der Waals surface area contributed by atoms with Gasteiger partial charge in [0.15, 0.2) is 0 Å². The zero-order valence-electron chi connectivity index (χ0n) is 11.8. The Balaban J connectivity index is 2.24. The fourth-order valence-corrected chi connectivity index (χ4v) is 1.81. The summed E-state index contributed by atoms with van der Waals surface area (Å²) in [6, 6.07) is 6.18. The molecule has 1 rings (SSSR count). The van der Waals surface area contributed by atoms with E-state index >= 15 is 0 Å². The van der Waals surface area contributed by atoms with Gasteiger partial charge in [0.1, 0.15) is 5.75 Å². The van der Waals surface area contributed by atoms with Crippen molar-refractivity contribution in [3.05, 3.63) is 29.8 Å². The first kappa shape index (κ1) is 16.0. The van der Waals surface area contributed by atoms with E-state index in [0.717, 1.165) is 19.3 Å². The van der Waals surface area contributed by atoms with Crippen LogP contribution < -0.4 is 10.9 Å². The maximum absolute atomic E-state index is 11.7. The molecule has 3 N–H and O–H groups in total. The molecule has 0 bridgehead atoms. The number of para-hydroxylation sites is 1. The maximum Gasteiger partial charge on any atom is 0.273 e. The van der Waals surface area contributed by atoms with E-state index in [1.165, 1.54) is 25.0 Å². The van der Waals surface area contributed by atoms with Crippen LogP contribution in [-0.4, -0.2) is 16.9 Å². The largest absolute Gasteiger partial charge is 0.507 e. The highest BCUT2D eigenvalue weighted by Crippen LogP contribution is 2.14. The molecule has 0 atom stereocenters. The number of amides is 2. The van der Waals surface area contributed by atoms with E-state index in [-0.39, 0.29) is 17.2 Å². The summed E-state index contributed by atoms with van der Waals surface area (Å²) >= 11 is 0. The minimum atomic E-state index is -0.526. The van der Waals surface area contributed by atoms with Crippen LogP contribution in [0.3, 0.4) is 0 Å². The van der Waals surface area contributed by atoms with Gasteiger partial charge in [-0.15, -0.1) is 0 Å². The fourth-order valence-electron chi connectivity index (χ4n) is 1.81. The Labute approximate surface area is 119 Å². The van der Waals surface area contributed by atoms with Crippen molar-refractivity contribution in [1.29, 1.82) is 0 Å². The molecule has 0 saturated carbocycles. The van der Waals surface area contributed by atoms with Crippen molar-refractivity contribution >= 4 is 11.8 Å². The number of phenols is 1. The summed E-state index contributed by atoms with van der Waals surface area (Å²) in [5, 5.41) is 9.50. The molecule has 0 aromatic heterocycles. The Hall–Kier alpha value is -2.04. The molecule has 0 aliphatic carbocycles. The lowest BCUT2D eigenvalue weighted by molar-refractivity contribution is -0.122. The summed E-state index contributed by atoms with van der Waals surface area (Å²) in [6.07, 6.45) is 5.72. The number of unbranched alkanes of at least 4 members (excludes halogenated alkanes) is 4. The molecule has 1 aromatic rings. The second-order valence-electron chi connectivity index (χ2n) is 4.68. The Morgan fingerprint density at radius 3 is 2.45 bits per heavy atom. The van der Waals surface area contributed by atoms with Gasteiger partial charge in [0, 0.05) is 6.42 Å². The fraction of sp³-hybridized carbons (Fsp3) is 0.467. The molecule has 5 nitrogen and oxygen atoms in total. The standard InChI is InChI=1S/C15H22N2O3/c1-2-3-4-5-6-11-14(19)16-17-15(20)12-9-7-8-10-13(12)18/h7-10,18H,2-6,11H2,1H3,(H,16,19)(H,17,20). The summed E-state index contributed by atoms with van der Waals surface area (Å²) < 4.78 is 0. The van der Waals surface area contributed by atoms with Gasteiger partial charge >= 0.3 is 0 Å². The summed E-state index contributed by atoms with van der Waals surface area (Å²) in [7, 11) is 0. The molecule has 110 valence electrons. The average molecular weight is 278 g/mol. The van der Waals surface area contributed by atoms with Crippen LogP contribution in [0, 0.1) is 0 Å². The maximum atomic E-state index is 11.7. The molecular formula is C15H22N2O3. The summed E-state index contributed by atoms with van der Waals surface area (Å²) in [5.41, 5.74) is 4.78. The normalized spacial score (nSPS) is 10.1. The van der Waals surface area contributed by atoms with Gasteiger partial charge in [-0.05, 0) is 18.6 Å². The molecular weight excluding hydrogens is 256 g/mol. The van der Waals surface area contributed by atoms with Crippen LogP contribution in [0.15, 0.2) is 24.3 Å². The number of benzene rings is 1. The lowest BCUT2D eigenvalue weighted by Gasteiger charge is -2.08. The van der Waals surface area contributed by atoms with Crippen LogP contribution in [-0.2, 0) is 4.79 Å². The smallest absolute Gasteiger partial charge is 0.273 e. The van der Waals surface area contributed by atoms with Crippen LogP contribution >= 0.6 is 0 Å². The lowest BCUT2D eigenvalue weighted by Crippen LogP contribution is -2.41. The summed E-state index contributed by atoms with van der Waals surface area (Å²) in [5.74, 6) is -0.855. The van der Waals surface area contributed by atoms with E-state index in [0.29, 0.717) is 6.42 Å². The molecule has 0 aliphatic heterocycles. The second-order valence-corrected chi connectivity index (χ2v) is 4.68. The van der Waals surface area contributed by atoms with Gasteiger partial charge in [-0.1, -0.05) is 44.7 Å². The Morgan fingerprint density at radius 1 is 1.05 bits per heavy atom. The molecule has 2 amide bonds. The van der Waals surface area contributed by atoms with Crippen molar-refractivity contribution in [3.8, 4) is 5.75 Å². The van der Waals surface area contributed by atoms with Crippen molar-refractivity contribution in [3.63, 3.8) is 0 Å². The topological polar surface area (TPSA) is 78.4 Å². The van der Waals surface area contributed by atoms with E-state index in [2.05, 4.69) is 17.8 Å². The van der Waals surface area contributed by atoms with Gasteiger partial charge in [0.05, 0.1) is 5.56 Å². The van der Waals surface area contributed by atoms with Gasteiger partial charge in [0.2, 0.25) is 5.91 Å². The Bertz CT molecular complexity index is 446. The first-order chi connectivity index (χ1) is 9.65.